The summed E-state index contributed by atoms with van der Waals surface area (Å²) in [5.74, 6) is -3.46. The van der Waals surface area contributed by atoms with Crippen LogP contribution in [0.1, 0.15) is 20.8 Å². The van der Waals surface area contributed by atoms with Crippen LogP contribution in [0.15, 0.2) is 0 Å². The molecule has 0 amide bonds. The molecule has 0 saturated carbocycles. The Bertz CT molecular complexity index is 502. The van der Waals surface area contributed by atoms with E-state index < -0.39 is 36.2 Å². The highest BCUT2D eigenvalue weighted by molar-refractivity contribution is 8.51. The second-order valence-corrected chi connectivity index (χ2v) is 8.75. The van der Waals surface area contributed by atoms with Gasteiger partial charge in [0.05, 0.1) is 0 Å². The zero-order valence-electron chi connectivity index (χ0n) is 9.66. The highest BCUT2D eigenvalue weighted by Crippen LogP contribution is 3.04. The largest absolute Gasteiger partial charge is 0.463 e. The van der Waals surface area contributed by atoms with E-state index in [0.717, 1.165) is 20.8 Å². The van der Waals surface area contributed by atoms with Crippen LogP contribution >= 0.6 is 10.2 Å². The molecule has 0 aromatic carbocycles. The van der Waals surface area contributed by atoms with Gasteiger partial charge in [0.2, 0.25) is 0 Å². The molecule has 0 spiro atoms. The first-order chi connectivity index (χ1) is 7.62. The number of rotatable bonds is 3. The average molecular weight is 340 g/mol. The van der Waals surface area contributed by atoms with Crippen LogP contribution in [0, 0.1) is 0 Å². The summed E-state index contributed by atoms with van der Waals surface area (Å²) < 4.78 is 101. The summed E-state index contributed by atoms with van der Waals surface area (Å²) in [6.07, 6.45) is 0. The van der Waals surface area contributed by atoms with E-state index in [0.29, 0.717) is 0 Å². The molecular weight excluding hydrogens is 330 g/mol. The molecule has 1 N–H and O–H groups in total. The second-order valence-electron chi connectivity index (χ2n) is 4.48. The van der Waals surface area contributed by atoms with E-state index in [-0.39, 0.29) is 0 Å². The molecule has 0 aliphatic carbocycles. The minimum Gasteiger partial charge on any atom is -0.456 e. The Hall–Kier alpha value is -0.690. The van der Waals surface area contributed by atoms with E-state index in [1.165, 1.54) is 0 Å². The first-order valence-electron chi connectivity index (χ1n) is 4.25. The summed E-state index contributed by atoms with van der Waals surface area (Å²) in [4.78, 5) is 10.9. The van der Waals surface area contributed by atoms with E-state index in [1.54, 1.807) is 0 Å². The van der Waals surface area contributed by atoms with E-state index in [1.807, 2.05) is 0 Å². The number of esters is 1. The molecule has 13 heteroatoms. The Labute approximate surface area is 104 Å². The van der Waals surface area contributed by atoms with Gasteiger partial charge in [0.15, 0.2) is 0 Å². The monoisotopic (exact) mass is 340 g/mol. The highest BCUT2D eigenvalue weighted by atomic mass is 32.5. The second kappa shape index (κ2) is 3.49. The van der Waals surface area contributed by atoms with Crippen LogP contribution < -0.4 is 0 Å². The van der Waals surface area contributed by atoms with Crippen LogP contribution in [-0.4, -0.2) is 28.9 Å². The van der Waals surface area contributed by atoms with Gasteiger partial charge in [-0.3, -0.25) is 4.55 Å². The highest BCUT2D eigenvalue weighted by Gasteiger charge is 2.92. The molecule has 0 heterocycles. The fourth-order valence-electron chi connectivity index (χ4n) is 0.801. The molecule has 1 atom stereocenters. The third kappa shape index (κ3) is 3.45. The Morgan fingerprint density at radius 3 is 1.58 bits per heavy atom. The molecule has 0 aliphatic rings. The number of carbonyl (C=O) groups is 1. The van der Waals surface area contributed by atoms with Crippen molar-refractivity contribution in [3.05, 3.63) is 0 Å². The van der Waals surface area contributed by atoms with Crippen molar-refractivity contribution >= 4 is 26.3 Å². The molecule has 118 valence electrons. The first kappa shape index (κ1) is 18.3. The number of ether oxygens (including phenoxy) is 1. The molecular formula is C6H10F6O5S2. The van der Waals surface area contributed by atoms with Crippen molar-refractivity contribution in [3.8, 4) is 0 Å². The van der Waals surface area contributed by atoms with E-state index in [4.69, 9.17) is 4.55 Å². The lowest BCUT2D eigenvalue weighted by Gasteiger charge is -2.46. The molecule has 0 aliphatic heterocycles. The zero-order valence-corrected chi connectivity index (χ0v) is 11.3. The normalized spacial score (nSPS) is 20.9. The minimum absolute atomic E-state index is 0.876. The van der Waals surface area contributed by atoms with Crippen LogP contribution in [0.3, 0.4) is 0 Å². The number of hydrogen-bond donors (Lipinski definition) is 1. The van der Waals surface area contributed by atoms with Gasteiger partial charge in [0.1, 0.15) is 5.60 Å². The summed E-state index contributed by atoms with van der Waals surface area (Å²) in [6.45, 7) is 2.63. The van der Waals surface area contributed by atoms with E-state index in [9.17, 15) is 37.0 Å². The van der Waals surface area contributed by atoms with Crippen LogP contribution in [0.4, 0.5) is 23.8 Å². The van der Waals surface area contributed by atoms with E-state index in [2.05, 4.69) is 4.74 Å². The Kier molecular flexibility index (Phi) is 3.37. The maximum absolute atomic E-state index is 13.4. The van der Waals surface area contributed by atoms with Crippen LogP contribution in [0.2, 0.25) is 0 Å². The summed E-state index contributed by atoms with van der Waals surface area (Å²) in [5.41, 5.74) is -1.90. The third-order valence-electron chi connectivity index (χ3n) is 1.47. The predicted octanol–water partition coefficient (Wildman–Crippen LogP) is 3.14. The fourth-order valence-corrected chi connectivity index (χ4v) is 3.00. The van der Waals surface area contributed by atoms with Gasteiger partial charge in [-0.15, -0.1) is 0 Å². The van der Waals surface area contributed by atoms with Crippen molar-refractivity contribution < 1.29 is 46.3 Å². The summed E-state index contributed by atoms with van der Waals surface area (Å²) in [7, 11) is -18.8. The smallest absolute Gasteiger partial charge is 0.456 e. The molecule has 0 saturated heterocycles. The number of carbonyl (C=O) groups excluding carboxylic acids is 1. The topological polar surface area (TPSA) is 80.7 Å². The zero-order chi connectivity index (χ0) is 16.2. The summed E-state index contributed by atoms with van der Waals surface area (Å²) >= 11 is 0. The molecule has 0 aromatic rings. The van der Waals surface area contributed by atoms with Gasteiger partial charge in [0.25, 0.3) is 0 Å². The van der Waals surface area contributed by atoms with Gasteiger partial charge >= 0.3 is 30.6 Å². The maximum Gasteiger partial charge on any atom is 0.463 e. The number of halogens is 6. The summed E-state index contributed by atoms with van der Waals surface area (Å²) in [6, 6.07) is 0. The third-order valence-corrected chi connectivity index (χ3v) is 5.04. The standard InChI is InChI=1S/C6H10F6O5S2/c1-5(2,3)17-4(13)6(7,18(14,15)16)19(8,9,10,11)12/h1-3H3,(H,14,15,16). The summed E-state index contributed by atoms with van der Waals surface area (Å²) in [5, 5.41) is 0. The molecule has 0 bridgehead atoms. The van der Waals surface area contributed by atoms with Crippen molar-refractivity contribution in [1.29, 1.82) is 0 Å². The van der Waals surface area contributed by atoms with Gasteiger partial charge in [-0.2, -0.15) is 12.8 Å². The molecule has 0 radical (unpaired) electrons. The minimum atomic E-state index is -11.6. The predicted molar refractivity (Wildman–Crippen MR) is 54.4 cm³/mol. The molecule has 1 unspecified atom stereocenters. The Morgan fingerprint density at radius 1 is 1.11 bits per heavy atom. The van der Waals surface area contributed by atoms with Gasteiger partial charge in [-0.25, -0.2) is 4.79 Å². The van der Waals surface area contributed by atoms with Gasteiger partial charge in [0, 0.05) is 0 Å². The number of hydrogen-bond acceptors (Lipinski definition) is 4. The first-order valence-corrected chi connectivity index (χ1v) is 7.64. The van der Waals surface area contributed by atoms with Crippen molar-refractivity contribution in [3.63, 3.8) is 0 Å². The SMILES string of the molecule is CC(C)(C)OC(=O)C(F)(S(=O)(=O)O)S(F)(F)(F)(F)F. The van der Waals surface area contributed by atoms with Crippen LogP contribution in [-0.2, 0) is 19.6 Å². The molecule has 0 rings (SSSR count). The molecule has 5 nitrogen and oxygen atoms in total. The van der Waals surface area contributed by atoms with Crippen molar-refractivity contribution in [1.82, 2.24) is 0 Å². The van der Waals surface area contributed by atoms with Crippen LogP contribution in [0.25, 0.3) is 0 Å². The van der Waals surface area contributed by atoms with Crippen LogP contribution in [0.5, 0.6) is 0 Å². The molecule has 19 heavy (non-hydrogen) atoms. The lowest BCUT2D eigenvalue weighted by atomic mass is 10.2. The molecule has 0 aromatic heterocycles. The number of alkyl halides is 1. The van der Waals surface area contributed by atoms with Crippen molar-refractivity contribution in [2.45, 2.75) is 30.7 Å². The van der Waals surface area contributed by atoms with Gasteiger partial charge < -0.3 is 4.74 Å². The van der Waals surface area contributed by atoms with Crippen molar-refractivity contribution in [2.24, 2.45) is 0 Å². The average Bonchev–Trinajstić information content (AvgIpc) is 1.91. The fraction of sp³-hybridized carbons (Fsp3) is 0.833. The lowest BCUT2D eigenvalue weighted by molar-refractivity contribution is -0.160. The Balaban J connectivity index is 6.29. The lowest BCUT2D eigenvalue weighted by Crippen LogP contribution is -2.53. The Morgan fingerprint density at radius 2 is 1.42 bits per heavy atom. The quantitative estimate of drug-likeness (QED) is 0.485. The van der Waals surface area contributed by atoms with Gasteiger partial charge in [-0.1, -0.05) is 19.4 Å². The van der Waals surface area contributed by atoms with Crippen molar-refractivity contribution in [2.75, 3.05) is 0 Å². The van der Waals surface area contributed by atoms with Gasteiger partial charge in [-0.05, 0) is 20.8 Å². The maximum atomic E-state index is 13.4. The molecule has 0 fully saturated rings. The van der Waals surface area contributed by atoms with E-state index >= 15 is 0 Å².